The van der Waals surface area contributed by atoms with Gasteiger partial charge in [-0.3, -0.25) is 9.59 Å². The number of alkyl carbamates (subject to hydrolysis) is 1. The van der Waals surface area contributed by atoms with Crippen molar-refractivity contribution in [2.45, 2.75) is 85.4 Å². The molecule has 0 spiro atoms. The summed E-state index contributed by atoms with van der Waals surface area (Å²) in [6, 6.07) is 19.7. The highest BCUT2D eigenvalue weighted by Crippen LogP contribution is 2.28. The van der Waals surface area contributed by atoms with Crippen LogP contribution in [0.25, 0.3) is 10.8 Å². The van der Waals surface area contributed by atoms with Crippen LogP contribution in [0.4, 0.5) is 10.5 Å². The molecule has 0 radical (unpaired) electrons. The Morgan fingerprint density at radius 2 is 1.61 bits per heavy atom. The Morgan fingerprint density at radius 1 is 0.902 bits per heavy atom. The third kappa shape index (κ3) is 9.07. The molecular weight excluding hydrogens is 514 g/mol. The highest BCUT2D eigenvalue weighted by molar-refractivity contribution is 6.00. The van der Waals surface area contributed by atoms with Crippen LogP contribution in [0.2, 0.25) is 0 Å². The van der Waals surface area contributed by atoms with Gasteiger partial charge >= 0.3 is 6.09 Å². The molecule has 2 N–H and O–H groups in total. The Morgan fingerprint density at radius 3 is 2.24 bits per heavy atom. The SMILES string of the molecule is CCCCCN(C(=O)C(NC(=O)OC(C)(C)C)C(C)C)C(C(=O)Nc1ccc2ccccc2c1)c1cccc(C)c1. The van der Waals surface area contributed by atoms with Gasteiger partial charge in [-0.2, -0.15) is 0 Å². The monoisotopic (exact) mass is 559 g/mol. The summed E-state index contributed by atoms with van der Waals surface area (Å²) >= 11 is 0. The zero-order chi connectivity index (χ0) is 30.2. The molecule has 3 rings (SSSR count). The minimum atomic E-state index is -0.896. The molecule has 3 aromatic carbocycles. The number of amides is 3. The van der Waals surface area contributed by atoms with Gasteiger partial charge in [0.1, 0.15) is 17.7 Å². The fourth-order valence-corrected chi connectivity index (χ4v) is 4.82. The number of anilines is 1. The highest BCUT2D eigenvalue weighted by Gasteiger charge is 2.37. The molecule has 3 aromatic rings. The van der Waals surface area contributed by atoms with Crippen molar-refractivity contribution in [1.82, 2.24) is 10.2 Å². The topological polar surface area (TPSA) is 87.7 Å². The molecule has 0 saturated carbocycles. The lowest BCUT2D eigenvalue weighted by Crippen LogP contribution is -2.54. The van der Waals surface area contributed by atoms with E-state index < -0.39 is 23.8 Å². The van der Waals surface area contributed by atoms with Crippen LogP contribution in [0.15, 0.2) is 66.7 Å². The second-order valence-electron chi connectivity index (χ2n) is 12.0. The van der Waals surface area contributed by atoms with Gasteiger partial charge in [0, 0.05) is 12.2 Å². The molecule has 0 aliphatic heterocycles. The summed E-state index contributed by atoms with van der Waals surface area (Å²) in [5.41, 5.74) is 1.64. The molecule has 0 aliphatic rings. The molecule has 7 nitrogen and oxygen atoms in total. The lowest BCUT2D eigenvalue weighted by Gasteiger charge is -2.35. The van der Waals surface area contributed by atoms with Crippen molar-refractivity contribution >= 4 is 34.4 Å². The molecule has 0 heterocycles. The summed E-state index contributed by atoms with van der Waals surface area (Å²) in [5.74, 6) is -0.858. The van der Waals surface area contributed by atoms with Crippen LogP contribution in [0.5, 0.6) is 0 Å². The Kier molecular flexibility index (Phi) is 10.9. The minimum absolute atomic E-state index is 0.231. The molecule has 0 aromatic heterocycles. The molecule has 0 saturated heterocycles. The van der Waals surface area contributed by atoms with E-state index in [0.717, 1.165) is 35.6 Å². The van der Waals surface area contributed by atoms with Crippen molar-refractivity contribution in [3.8, 4) is 0 Å². The summed E-state index contributed by atoms with van der Waals surface area (Å²) in [4.78, 5) is 42.8. The van der Waals surface area contributed by atoms with Gasteiger partial charge in [0.25, 0.3) is 5.91 Å². The van der Waals surface area contributed by atoms with Crippen LogP contribution < -0.4 is 10.6 Å². The molecule has 220 valence electrons. The van der Waals surface area contributed by atoms with E-state index in [1.165, 1.54) is 0 Å². The van der Waals surface area contributed by atoms with Gasteiger partial charge in [-0.1, -0.05) is 93.8 Å². The average molecular weight is 560 g/mol. The van der Waals surface area contributed by atoms with Crippen molar-refractivity contribution in [1.29, 1.82) is 0 Å². The van der Waals surface area contributed by atoms with Gasteiger partial charge in [-0.05, 0) is 68.5 Å². The number of unbranched alkanes of at least 4 members (excludes halogenated alkanes) is 2. The molecular formula is C34H45N3O4. The maximum atomic E-state index is 14.3. The van der Waals surface area contributed by atoms with Crippen molar-refractivity contribution in [2.75, 3.05) is 11.9 Å². The summed E-state index contributed by atoms with van der Waals surface area (Å²) in [6.45, 7) is 13.5. The number of fused-ring (bicyclic) bond motifs is 1. The van der Waals surface area contributed by atoms with Gasteiger partial charge < -0.3 is 20.3 Å². The molecule has 7 heteroatoms. The molecule has 2 atom stereocenters. The van der Waals surface area contributed by atoms with Crippen LogP contribution in [0.3, 0.4) is 0 Å². The third-order valence-electron chi connectivity index (χ3n) is 6.83. The van der Waals surface area contributed by atoms with E-state index in [0.29, 0.717) is 17.8 Å². The van der Waals surface area contributed by atoms with Crippen molar-refractivity contribution in [2.24, 2.45) is 5.92 Å². The summed E-state index contributed by atoms with van der Waals surface area (Å²) in [5, 5.41) is 7.94. The van der Waals surface area contributed by atoms with Gasteiger partial charge in [0.2, 0.25) is 5.91 Å². The standard InChI is InChI=1S/C34H45N3O4/c1-8-9-12-20-37(32(39)29(23(2)3)36-33(40)41-34(5,6)7)30(27-17-13-14-24(4)21-27)31(38)35-28-19-18-25-15-10-11-16-26(25)22-28/h10-11,13-19,21-23,29-30H,8-9,12,20H2,1-7H3,(H,35,38)(H,36,40). The normalized spacial score (nSPS) is 13.0. The van der Waals surface area contributed by atoms with Crippen molar-refractivity contribution in [3.63, 3.8) is 0 Å². The second kappa shape index (κ2) is 14.2. The largest absolute Gasteiger partial charge is 0.444 e. The summed E-state index contributed by atoms with van der Waals surface area (Å²) < 4.78 is 5.47. The van der Waals surface area contributed by atoms with E-state index in [-0.39, 0.29) is 17.7 Å². The zero-order valence-electron chi connectivity index (χ0n) is 25.5. The number of ether oxygens (including phenoxy) is 1. The van der Waals surface area contributed by atoms with E-state index >= 15 is 0 Å². The van der Waals surface area contributed by atoms with Crippen LogP contribution >= 0.6 is 0 Å². The maximum Gasteiger partial charge on any atom is 0.408 e. The smallest absolute Gasteiger partial charge is 0.408 e. The number of nitrogens with zero attached hydrogens (tertiary/aromatic N) is 1. The lowest BCUT2D eigenvalue weighted by molar-refractivity contribution is -0.141. The second-order valence-corrected chi connectivity index (χ2v) is 12.0. The number of carbonyl (C=O) groups excluding carboxylic acids is 3. The fraction of sp³-hybridized carbons (Fsp3) is 0.441. The van der Waals surface area contributed by atoms with Crippen molar-refractivity contribution < 1.29 is 19.1 Å². The molecule has 2 unspecified atom stereocenters. The van der Waals surface area contributed by atoms with Gasteiger partial charge in [-0.25, -0.2) is 4.79 Å². The van der Waals surface area contributed by atoms with Crippen molar-refractivity contribution in [3.05, 3.63) is 77.9 Å². The number of hydrogen-bond donors (Lipinski definition) is 2. The van der Waals surface area contributed by atoms with Crippen LogP contribution in [0, 0.1) is 12.8 Å². The molecule has 41 heavy (non-hydrogen) atoms. The van der Waals surface area contributed by atoms with Crippen LogP contribution in [-0.4, -0.2) is 41.0 Å². The van der Waals surface area contributed by atoms with Crippen LogP contribution in [-0.2, 0) is 14.3 Å². The summed E-state index contributed by atoms with van der Waals surface area (Å²) in [6.07, 6.45) is 1.93. The Labute approximate surface area is 244 Å². The predicted octanol–water partition coefficient (Wildman–Crippen LogP) is 7.40. The number of carbonyl (C=O) groups is 3. The van der Waals surface area contributed by atoms with E-state index in [2.05, 4.69) is 17.6 Å². The van der Waals surface area contributed by atoms with Gasteiger partial charge in [0.15, 0.2) is 0 Å². The van der Waals surface area contributed by atoms with E-state index in [1.54, 1.807) is 25.7 Å². The van der Waals surface area contributed by atoms with Crippen LogP contribution in [0.1, 0.15) is 78.0 Å². The number of aryl methyl sites for hydroxylation is 1. The Bertz CT molecular complexity index is 1350. The Hall–Kier alpha value is -3.87. The van der Waals surface area contributed by atoms with Gasteiger partial charge in [0.05, 0.1) is 0 Å². The predicted molar refractivity (Wildman–Crippen MR) is 166 cm³/mol. The number of nitrogens with one attached hydrogen (secondary N) is 2. The first kappa shape index (κ1) is 31.7. The number of benzene rings is 3. The first-order chi connectivity index (χ1) is 19.4. The lowest BCUT2D eigenvalue weighted by atomic mass is 9.97. The number of rotatable bonds is 11. The molecule has 0 aliphatic carbocycles. The molecule has 3 amide bonds. The minimum Gasteiger partial charge on any atom is -0.444 e. The number of hydrogen-bond acceptors (Lipinski definition) is 4. The van der Waals surface area contributed by atoms with Gasteiger partial charge in [-0.15, -0.1) is 0 Å². The van der Waals surface area contributed by atoms with E-state index in [9.17, 15) is 14.4 Å². The highest BCUT2D eigenvalue weighted by atomic mass is 16.6. The van der Waals surface area contributed by atoms with E-state index in [1.807, 2.05) is 87.5 Å². The first-order valence-electron chi connectivity index (χ1n) is 14.6. The zero-order valence-corrected chi connectivity index (χ0v) is 25.5. The maximum absolute atomic E-state index is 14.3. The molecule has 0 fully saturated rings. The third-order valence-corrected chi connectivity index (χ3v) is 6.83. The average Bonchev–Trinajstić information content (AvgIpc) is 2.89. The van der Waals surface area contributed by atoms with E-state index in [4.69, 9.17) is 4.74 Å². The summed E-state index contributed by atoms with van der Waals surface area (Å²) in [7, 11) is 0. The quantitative estimate of drug-likeness (QED) is 0.240. The Balaban J connectivity index is 2.02. The fourth-order valence-electron chi connectivity index (χ4n) is 4.82. The molecule has 0 bridgehead atoms. The first-order valence-corrected chi connectivity index (χ1v) is 14.6.